The molecule has 1 rings (SSSR count). The molecule has 106 valence electrons. The summed E-state index contributed by atoms with van der Waals surface area (Å²) in [5.41, 5.74) is 6.64. The van der Waals surface area contributed by atoms with E-state index in [1.807, 2.05) is 25.9 Å². The van der Waals surface area contributed by atoms with Gasteiger partial charge in [0, 0.05) is 18.3 Å². The predicted octanol–water partition coefficient (Wildman–Crippen LogP) is 1.78. The Morgan fingerprint density at radius 3 is 2.68 bits per heavy atom. The van der Waals surface area contributed by atoms with E-state index in [4.69, 9.17) is 15.2 Å². The van der Waals surface area contributed by atoms with Crippen molar-refractivity contribution in [2.24, 2.45) is 0 Å². The average Bonchev–Trinajstić information content (AvgIpc) is 2.34. The zero-order valence-corrected chi connectivity index (χ0v) is 11.8. The van der Waals surface area contributed by atoms with Crippen LogP contribution in [-0.4, -0.2) is 44.7 Å². The molecule has 0 amide bonds. The first-order valence-electron chi connectivity index (χ1n) is 6.38. The second-order valence-electron chi connectivity index (χ2n) is 4.52. The van der Waals surface area contributed by atoms with Crippen molar-refractivity contribution in [3.05, 3.63) is 23.8 Å². The molecule has 1 aromatic carbocycles. The smallest absolute Gasteiger partial charge is 0.338 e. The standard InChI is InChI=1S/C14H22N2O3/c1-4-18-13-9-11(8-12(15)10-13)14(17)19-7-5-6-16(2)3/h8-10H,4-7,15H2,1-3H3. The van der Waals surface area contributed by atoms with Crippen LogP contribution in [0.3, 0.4) is 0 Å². The van der Waals surface area contributed by atoms with Gasteiger partial charge in [0.05, 0.1) is 18.8 Å². The second-order valence-corrected chi connectivity index (χ2v) is 4.52. The van der Waals surface area contributed by atoms with Gasteiger partial charge in [-0.2, -0.15) is 0 Å². The molecule has 0 aromatic heterocycles. The molecule has 0 saturated carbocycles. The molecule has 19 heavy (non-hydrogen) atoms. The van der Waals surface area contributed by atoms with Gasteiger partial charge in [-0.3, -0.25) is 0 Å². The van der Waals surface area contributed by atoms with Gasteiger partial charge in [0.1, 0.15) is 5.75 Å². The van der Waals surface area contributed by atoms with Gasteiger partial charge in [-0.1, -0.05) is 0 Å². The number of ether oxygens (including phenoxy) is 2. The highest BCUT2D eigenvalue weighted by Crippen LogP contribution is 2.19. The van der Waals surface area contributed by atoms with Gasteiger partial charge in [0.25, 0.3) is 0 Å². The molecule has 0 aliphatic rings. The first-order valence-corrected chi connectivity index (χ1v) is 6.38. The minimum absolute atomic E-state index is 0.369. The van der Waals surface area contributed by atoms with Crippen LogP contribution in [0.5, 0.6) is 5.75 Å². The second kappa shape index (κ2) is 7.63. The van der Waals surface area contributed by atoms with E-state index >= 15 is 0 Å². The molecule has 0 atom stereocenters. The Kier molecular flexibility index (Phi) is 6.15. The Labute approximate surface area is 114 Å². The van der Waals surface area contributed by atoms with E-state index in [2.05, 4.69) is 0 Å². The minimum Gasteiger partial charge on any atom is -0.494 e. The number of carbonyl (C=O) groups excluding carboxylic acids is 1. The van der Waals surface area contributed by atoms with Crippen molar-refractivity contribution in [3.63, 3.8) is 0 Å². The summed E-state index contributed by atoms with van der Waals surface area (Å²) in [4.78, 5) is 13.9. The van der Waals surface area contributed by atoms with Crippen LogP contribution < -0.4 is 10.5 Å². The lowest BCUT2D eigenvalue weighted by Crippen LogP contribution is -2.16. The fourth-order valence-electron chi connectivity index (χ4n) is 1.62. The summed E-state index contributed by atoms with van der Waals surface area (Å²) < 4.78 is 10.5. The van der Waals surface area contributed by atoms with E-state index < -0.39 is 0 Å². The summed E-state index contributed by atoms with van der Waals surface area (Å²) in [6.45, 7) is 3.69. The molecule has 0 bridgehead atoms. The first-order chi connectivity index (χ1) is 9.02. The number of carbonyl (C=O) groups is 1. The predicted molar refractivity (Wildman–Crippen MR) is 75.5 cm³/mol. The number of esters is 1. The zero-order chi connectivity index (χ0) is 14.3. The normalized spacial score (nSPS) is 10.5. The van der Waals surface area contributed by atoms with Gasteiger partial charge < -0.3 is 20.1 Å². The number of anilines is 1. The van der Waals surface area contributed by atoms with Crippen LogP contribution in [0.15, 0.2) is 18.2 Å². The number of nitrogens with two attached hydrogens (primary N) is 1. The quantitative estimate of drug-likeness (QED) is 0.463. The molecular weight excluding hydrogens is 244 g/mol. The lowest BCUT2D eigenvalue weighted by atomic mass is 10.2. The molecular formula is C14H22N2O3. The highest BCUT2D eigenvalue weighted by atomic mass is 16.5. The summed E-state index contributed by atoms with van der Waals surface area (Å²) in [5, 5.41) is 0. The molecule has 0 saturated heterocycles. The first kappa shape index (κ1) is 15.3. The Bertz CT molecular complexity index is 419. The van der Waals surface area contributed by atoms with Crippen LogP contribution in [0.4, 0.5) is 5.69 Å². The fourth-order valence-corrected chi connectivity index (χ4v) is 1.62. The largest absolute Gasteiger partial charge is 0.494 e. The topological polar surface area (TPSA) is 64.8 Å². The molecule has 1 aromatic rings. The molecule has 0 heterocycles. The highest BCUT2D eigenvalue weighted by Gasteiger charge is 2.10. The van der Waals surface area contributed by atoms with Gasteiger partial charge in [-0.05, 0) is 39.6 Å². The van der Waals surface area contributed by atoms with Crippen LogP contribution in [0, 0.1) is 0 Å². The van der Waals surface area contributed by atoms with Gasteiger partial charge in [-0.25, -0.2) is 4.79 Å². The lowest BCUT2D eigenvalue weighted by molar-refractivity contribution is 0.0493. The van der Waals surface area contributed by atoms with Gasteiger partial charge in [0.15, 0.2) is 0 Å². The van der Waals surface area contributed by atoms with Crippen molar-refractivity contribution in [2.45, 2.75) is 13.3 Å². The highest BCUT2D eigenvalue weighted by molar-refractivity contribution is 5.91. The number of nitrogen functional groups attached to an aromatic ring is 1. The Balaban J connectivity index is 2.56. The molecule has 0 radical (unpaired) electrons. The molecule has 0 fully saturated rings. The van der Waals surface area contributed by atoms with Crippen molar-refractivity contribution < 1.29 is 14.3 Å². The molecule has 0 aliphatic heterocycles. The average molecular weight is 266 g/mol. The van der Waals surface area contributed by atoms with Crippen LogP contribution in [0.25, 0.3) is 0 Å². The monoisotopic (exact) mass is 266 g/mol. The summed E-state index contributed by atoms with van der Waals surface area (Å²) in [5.74, 6) is 0.217. The molecule has 0 aliphatic carbocycles. The zero-order valence-electron chi connectivity index (χ0n) is 11.8. The van der Waals surface area contributed by atoms with Crippen LogP contribution >= 0.6 is 0 Å². The van der Waals surface area contributed by atoms with E-state index in [0.29, 0.717) is 30.2 Å². The van der Waals surface area contributed by atoms with Crippen LogP contribution in [0.2, 0.25) is 0 Å². The van der Waals surface area contributed by atoms with E-state index in [9.17, 15) is 4.79 Å². The minimum atomic E-state index is -0.369. The van der Waals surface area contributed by atoms with Crippen LogP contribution in [-0.2, 0) is 4.74 Å². The van der Waals surface area contributed by atoms with E-state index in [1.54, 1.807) is 18.2 Å². The lowest BCUT2D eigenvalue weighted by Gasteiger charge is -2.10. The third kappa shape index (κ3) is 5.61. The van der Waals surface area contributed by atoms with Gasteiger partial charge in [-0.15, -0.1) is 0 Å². The van der Waals surface area contributed by atoms with Crippen LogP contribution in [0.1, 0.15) is 23.7 Å². The van der Waals surface area contributed by atoms with Gasteiger partial charge >= 0.3 is 5.97 Å². The van der Waals surface area contributed by atoms with E-state index in [0.717, 1.165) is 13.0 Å². The van der Waals surface area contributed by atoms with Crippen molar-refractivity contribution >= 4 is 11.7 Å². The number of rotatable bonds is 7. The molecule has 0 spiro atoms. The Morgan fingerprint density at radius 1 is 1.32 bits per heavy atom. The maximum absolute atomic E-state index is 11.9. The number of hydrogen-bond acceptors (Lipinski definition) is 5. The Hall–Kier alpha value is -1.75. The van der Waals surface area contributed by atoms with Crippen molar-refractivity contribution in [2.75, 3.05) is 39.6 Å². The van der Waals surface area contributed by atoms with Gasteiger partial charge in [0.2, 0.25) is 0 Å². The summed E-state index contributed by atoms with van der Waals surface area (Å²) in [6, 6.07) is 4.93. The number of benzene rings is 1. The number of hydrogen-bond donors (Lipinski definition) is 1. The van der Waals surface area contributed by atoms with E-state index in [1.165, 1.54) is 0 Å². The summed E-state index contributed by atoms with van der Waals surface area (Å²) in [7, 11) is 3.96. The Morgan fingerprint density at radius 2 is 2.05 bits per heavy atom. The SMILES string of the molecule is CCOc1cc(N)cc(C(=O)OCCCN(C)C)c1. The van der Waals surface area contributed by atoms with Crippen molar-refractivity contribution in [3.8, 4) is 5.75 Å². The summed E-state index contributed by atoms with van der Waals surface area (Å²) in [6.07, 6.45) is 0.805. The van der Waals surface area contributed by atoms with Crippen molar-refractivity contribution in [1.82, 2.24) is 4.90 Å². The third-order valence-electron chi connectivity index (χ3n) is 2.46. The number of nitrogens with zero attached hydrogens (tertiary/aromatic N) is 1. The van der Waals surface area contributed by atoms with Crippen molar-refractivity contribution in [1.29, 1.82) is 0 Å². The maximum atomic E-state index is 11.9. The van der Waals surface area contributed by atoms with E-state index in [-0.39, 0.29) is 5.97 Å². The summed E-state index contributed by atoms with van der Waals surface area (Å²) >= 11 is 0. The third-order valence-corrected chi connectivity index (χ3v) is 2.46. The molecule has 2 N–H and O–H groups in total. The maximum Gasteiger partial charge on any atom is 0.338 e. The molecule has 0 unspecified atom stereocenters. The fraction of sp³-hybridized carbons (Fsp3) is 0.500. The molecule has 5 heteroatoms. The molecule has 5 nitrogen and oxygen atoms in total.